The molecule has 2 saturated heterocycles. The molecule has 1 amide bonds. The first-order chi connectivity index (χ1) is 9.56. The molecule has 1 aliphatic carbocycles. The van der Waals surface area contributed by atoms with Gasteiger partial charge in [0.1, 0.15) is 0 Å². The summed E-state index contributed by atoms with van der Waals surface area (Å²) in [5.74, 6) is 1.61. The maximum atomic E-state index is 12.2. The van der Waals surface area contributed by atoms with E-state index >= 15 is 0 Å². The van der Waals surface area contributed by atoms with E-state index in [1.54, 1.807) is 0 Å². The van der Waals surface area contributed by atoms with Crippen LogP contribution in [0.15, 0.2) is 0 Å². The van der Waals surface area contributed by atoms with Crippen molar-refractivity contribution in [2.24, 2.45) is 11.8 Å². The number of piperidine rings is 1. The van der Waals surface area contributed by atoms with Crippen molar-refractivity contribution in [2.75, 3.05) is 39.3 Å². The normalized spacial score (nSPS) is 27.2. The van der Waals surface area contributed by atoms with Crippen LogP contribution in [0.5, 0.6) is 0 Å². The number of hydrogen-bond donors (Lipinski definition) is 1. The lowest BCUT2D eigenvalue weighted by molar-refractivity contribution is -0.137. The number of carbonyl (C=O) groups is 1. The van der Waals surface area contributed by atoms with Crippen LogP contribution >= 0.6 is 12.4 Å². The molecule has 0 atom stereocenters. The molecule has 3 rings (SSSR count). The largest absolute Gasteiger partial charge is 0.339 e. The molecule has 0 radical (unpaired) electrons. The molecule has 1 saturated carbocycles. The smallest absolute Gasteiger partial charge is 0.225 e. The maximum absolute atomic E-state index is 12.2. The first-order valence-corrected chi connectivity index (χ1v) is 8.31. The zero-order chi connectivity index (χ0) is 14.2. The molecule has 0 aromatic rings. The molecule has 3 aliphatic rings. The summed E-state index contributed by atoms with van der Waals surface area (Å²) < 4.78 is 0. The highest BCUT2D eigenvalue weighted by atomic mass is 35.5. The van der Waals surface area contributed by atoms with Crippen LogP contribution in [-0.4, -0.2) is 60.5 Å². The van der Waals surface area contributed by atoms with Gasteiger partial charge in [0.15, 0.2) is 0 Å². The van der Waals surface area contributed by atoms with Crippen molar-refractivity contribution in [1.29, 1.82) is 0 Å². The van der Waals surface area contributed by atoms with Gasteiger partial charge in [-0.1, -0.05) is 0 Å². The first-order valence-electron chi connectivity index (χ1n) is 8.31. The van der Waals surface area contributed by atoms with Crippen molar-refractivity contribution >= 4 is 18.3 Å². The van der Waals surface area contributed by atoms with Crippen LogP contribution in [0.1, 0.15) is 39.5 Å². The van der Waals surface area contributed by atoms with Crippen LogP contribution in [0, 0.1) is 11.8 Å². The topological polar surface area (TPSA) is 35.6 Å². The molecule has 0 aromatic heterocycles. The Bertz CT molecular complexity index is 365. The van der Waals surface area contributed by atoms with Gasteiger partial charge in [0.05, 0.1) is 0 Å². The monoisotopic (exact) mass is 315 g/mol. The van der Waals surface area contributed by atoms with Gasteiger partial charge in [0, 0.05) is 37.6 Å². The Morgan fingerprint density at radius 3 is 2.38 bits per heavy atom. The van der Waals surface area contributed by atoms with E-state index < -0.39 is 0 Å². The maximum Gasteiger partial charge on any atom is 0.225 e. The summed E-state index contributed by atoms with van der Waals surface area (Å²) in [6.07, 6.45) is 4.84. The van der Waals surface area contributed by atoms with Crippen LogP contribution < -0.4 is 5.32 Å². The summed E-state index contributed by atoms with van der Waals surface area (Å²) in [6, 6.07) is 0. The fraction of sp³-hybridized carbons (Fsp3) is 0.938. The van der Waals surface area contributed by atoms with E-state index in [9.17, 15) is 4.79 Å². The van der Waals surface area contributed by atoms with Gasteiger partial charge in [0.25, 0.3) is 0 Å². The number of rotatable bonds is 3. The molecule has 0 bridgehead atoms. The third-order valence-electron chi connectivity index (χ3n) is 5.25. The highest BCUT2D eigenvalue weighted by Crippen LogP contribution is 2.33. The summed E-state index contributed by atoms with van der Waals surface area (Å²) in [5, 5.41) is 3.44. The number of nitrogens with one attached hydrogen (secondary N) is 1. The number of halogens is 1. The van der Waals surface area contributed by atoms with Gasteiger partial charge in [-0.2, -0.15) is 0 Å². The zero-order valence-electron chi connectivity index (χ0n) is 13.4. The van der Waals surface area contributed by atoms with Gasteiger partial charge in [0.2, 0.25) is 5.91 Å². The second-order valence-corrected chi connectivity index (χ2v) is 7.49. The predicted molar refractivity (Wildman–Crippen MR) is 87.8 cm³/mol. The van der Waals surface area contributed by atoms with Crippen molar-refractivity contribution in [2.45, 2.75) is 45.1 Å². The van der Waals surface area contributed by atoms with Crippen LogP contribution in [-0.2, 0) is 4.79 Å². The number of amides is 1. The highest BCUT2D eigenvalue weighted by Gasteiger charge is 2.40. The summed E-state index contributed by atoms with van der Waals surface area (Å²) in [4.78, 5) is 17.0. The summed E-state index contributed by atoms with van der Waals surface area (Å²) >= 11 is 0. The number of nitrogens with zero attached hydrogens (tertiary/aromatic N) is 2. The fourth-order valence-electron chi connectivity index (χ4n) is 3.68. The Balaban J connectivity index is 0.00000161. The molecular formula is C16H30ClN3O. The van der Waals surface area contributed by atoms with E-state index in [4.69, 9.17) is 0 Å². The van der Waals surface area contributed by atoms with E-state index in [-0.39, 0.29) is 17.9 Å². The quantitative estimate of drug-likeness (QED) is 0.862. The van der Waals surface area contributed by atoms with Gasteiger partial charge in [-0.25, -0.2) is 0 Å². The van der Waals surface area contributed by atoms with E-state index in [0.717, 1.165) is 38.4 Å². The van der Waals surface area contributed by atoms with E-state index in [0.29, 0.717) is 11.8 Å². The van der Waals surface area contributed by atoms with Crippen molar-refractivity contribution in [1.82, 2.24) is 15.1 Å². The average molecular weight is 316 g/mol. The number of piperazine rings is 1. The Morgan fingerprint density at radius 2 is 1.81 bits per heavy atom. The summed E-state index contributed by atoms with van der Waals surface area (Å²) in [7, 11) is 0. The first kappa shape index (κ1) is 17.0. The van der Waals surface area contributed by atoms with Gasteiger partial charge >= 0.3 is 0 Å². The molecule has 21 heavy (non-hydrogen) atoms. The van der Waals surface area contributed by atoms with Crippen LogP contribution in [0.25, 0.3) is 0 Å². The zero-order valence-corrected chi connectivity index (χ0v) is 14.3. The predicted octanol–water partition coefficient (Wildman–Crippen LogP) is 1.74. The molecule has 0 unspecified atom stereocenters. The van der Waals surface area contributed by atoms with Gasteiger partial charge < -0.3 is 10.2 Å². The molecule has 0 aromatic carbocycles. The molecule has 5 heteroatoms. The minimum Gasteiger partial charge on any atom is -0.339 e. The molecule has 122 valence electrons. The Morgan fingerprint density at radius 1 is 1.14 bits per heavy atom. The van der Waals surface area contributed by atoms with E-state index in [1.807, 2.05) is 0 Å². The minimum atomic E-state index is 0. The Hall–Kier alpha value is -0.320. The second kappa shape index (κ2) is 6.84. The standard InChI is InChI=1S/C16H29N3O.ClH/c1-16(2)12-18(15(20)14-3-4-14)9-10-19(16)11-13-5-7-17-8-6-13;/h13-14,17H,3-12H2,1-2H3;1H. The second-order valence-electron chi connectivity index (χ2n) is 7.49. The number of carbonyl (C=O) groups excluding carboxylic acids is 1. The third kappa shape index (κ3) is 4.11. The van der Waals surface area contributed by atoms with Gasteiger partial charge in [-0.3, -0.25) is 9.69 Å². The molecule has 2 heterocycles. The van der Waals surface area contributed by atoms with Crippen molar-refractivity contribution in [3.8, 4) is 0 Å². The molecule has 2 aliphatic heterocycles. The molecule has 0 spiro atoms. The number of hydrogen-bond acceptors (Lipinski definition) is 3. The van der Waals surface area contributed by atoms with Crippen LogP contribution in [0.2, 0.25) is 0 Å². The van der Waals surface area contributed by atoms with E-state index in [2.05, 4.69) is 29.0 Å². The lowest BCUT2D eigenvalue weighted by Crippen LogP contribution is -2.61. The molecule has 3 fully saturated rings. The summed E-state index contributed by atoms with van der Waals surface area (Å²) in [6.45, 7) is 11.1. The van der Waals surface area contributed by atoms with Crippen molar-refractivity contribution in [3.05, 3.63) is 0 Å². The van der Waals surface area contributed by atoms with E-state index in [1.165, 1.54) is 32.5 Å². The van der Waals surface area contributed by atoms with Crippen molar-refractivity contribution in [3.63, 3.8) is 0 Å². The SMILES string of the molecule is CC1(C)CN(C(=O)C2CC2)CCN1CC1CCNCC1.Cl. The minimum absolute atomic E-state index is 0. The molecule has 1 N–H and O–H groups in total. The molecular weight excluding hydrogens is 286 g/mol. The lowest BCUT2D eigenvalue weighted by atomic mass is 9.92. The molecule has 4 nitrogen and oxygen atoms in total. The van der Waals surface area contributed by atoms with Crippen molar-refractivity contribution < 1.29 is 4.79 Å². The third-order valence-corrected chi connectivity index (χ3v) is 5.25. The highest BCUT2D eigenvalue weighted by molar-refractivity contribution is 5.85. The summed E-state index contributed by atoms with van der Waals surface area (Å²) in [5.41, 5.74) is 0.133. The Kier molecular flexibility index (Phi) is 5.55. The van der Waals surface area contributed by atoms with Crippen LogP contribution in [0.4, 0.5) is 0 Å². The fourth-order valence-corrected chi connectivity index (χ4v) is 3.68. The van der Waals surface area contributed by atoms with Crippen LogP contribution in [0.3, 0.4) is 0 Å². The van der Waals surface area contributed by atoms with Gasteiger partial charge in [-0.15, -0.1) is 12.4 Å². The average Bonchev–Trinajstić information content (AvgIpc) is 3.25. The Labute approximate surface area is 135 Å². The van der Waals surface area contributed by atoms with Gasteiger partial charge in [-0.05, 0) is 58.5 Å². The lowest BCUT2D eigenvalue weighted by Gasteiger charge is -2.48.